The molecule has 1 N–H and O–H groups in total. The molecule has 3 heterocycles. The fourth-order valence-electron chi connectivity index (χ4n) is 4.04. The molecule has 29 heavy (non-hydrogen) atoms. The first-order valence-electron chi connectivity index (χ1n) is 9.69. The van der Waals surface area contributed by atoms with E-state index in [1.807, 2.05) is 35.7 Å². The van der Waals surface area contributed by atoms with Crippen molar-refractivity contribution in [3.05, 3.63) is 64.0 Å². The van der Waals surface area contributed by atoms with E-state index in [-0.39, 0.29) is 11.6 Å². The number of carbonyl (C=O) groups is 1. The second-order valence-corrected chi connectivity index (χ2v) is 7.67. The summed E-state index contributed by atoms with van der Waals surface area (Å²) in [7, 11) is 0. The second-order valence-electron chi connectivity index (χ2n) is 7.67. The highest BCUT2D eigenvalue weighted by Crippen LogP contribution is 2.27. The Balaban J connectivity index is 1.73. The zero-order chi connectivity index (χ0) is 20.5. The van der Waals surface area contributed by atoms with E-state index in [1.165, 1.54) is 11.0 Å². The molecule has 1 fully saturated rings. The van der Waals surface area contributed by atoms with Crippen LogP contribution in [0.5, 0.6) is 0 Å². The maximum atomic E-state index is 11.2. The van der Waals surface area contributed by atoms with Gasteiger partial charge in [0.05, 0.1) is 23.7 Å². The van der Waals surface area contributed by atoms with Crippen molar-refractivity contribution in [1.82, 2.24) is 9.38 Å². The predicted octanol–water partition coefficient (Wildman–Crippen LogP) is 0.763. The minimum atomic E-state index is -0.966. The summed E-state index contributed by atoms with van der Waals surface area (Å²) < 4.78 is 2.04. The molecule has 1 aromatic carbocycles. The van der Waals surface area contributed by atoms with E-state index in [4.69, 9.17) is 4.98 Å². The third kappa shape index (κ3) is 3.84. The number of carboxylic acid groups (broad SMARTS) is 1. The Morgan fingerprint density at radius 1 is 1.28 bits per heavy atom. The molecule has 0 aliphatic carbocycles. The Kier molecular flexibility index (Phi) is 5.02. The molecule has 0 spiro atoms. The number of nitro groups is 1. The molecule has 1 aliphatic rings. The number of hydrogen-bond donors (Lipinski definition) is 1. The van der Waals surface area contributed by atoms with Crippen LogP contribution in [0.15, 0.2) is 42.6 Å². The zero-order valence-electron chi connectivity index (χ0n) is 16.1. The van der Waals surface area contributed by atoms with E-state index in [0.717, 1.165) is 35.7 Å². The number of nitrogens with zero attached hydrogens (tertiary/aromatic N) is 3. The lowest BCUT2D eigenvalue weighted by Gasteiger charge is -2.29. The molecule has 0 unspecified atom stereocenters. The minimum Gasteiger partial charge on any atom is -0.550 e. The van der Waals surface area contributed by atoms with Gasteiger partial charge in [-0.1, -0.05) is 18.2 Å². The molecule has 0 amide bonds. The predicted molar refractivity (Wildman–Crippen MR) is 104 cm³/mol. The normalized spacial score (nSPS) is 19.3. The van der Waals surface area contributed by atoms with Gasteiger partial charge in [0.25, 0.3) is 5.69 Å². The van der Waals surface area contributed by atoms with Gasteiger partial charge >= 0.3 is 0 Å². The molecule has 1 saturated heterocycles. The summed E-state index contributed by atoms with van der Waals surface area (Å²) in [4.78, 5) is 28.0. The number of carboxylic acids is 1. The molecule has 3 aromatic rings. The highest BCUT2D eigenvalue weighted by atomic mass is 16.6. The number of carbonyl (C=O) groups excluding carboxylic acids is 1. The van der Waals surface area contributed by atoms with Crippen molar-refractivity contribution in [3.8, 4) is 11.3 Å². The van der Waals surface area contributed by atoms with Gasteiger partial charge in [0.2, 0.25) is 0 Å². The van der Waals surface area contributed by atoms with E-state index in [2.05, 4.69) is 0 Å². The Morgan fingerprint density at radius 2 is 2.03 bits per heavy atom. The summed E-state index contributed by atoms with van der Waals surface area (Å²) in [6.45, 7) is 4.16. The van der Waals surface area contributed by atoms with Gasteiger partial charge in [0, 0.05) is 48.6 Å². The number of non-ortho nitro benzene ring substituents is 1. The number of aromatic nitrogens is 2. The zero-order valence-corrected chi connectivity index (χ0v) is 16.1. The Hall–Kier alpha value is -3.26. The molecular formula is C21H22N4O4. The van der Waals surface area contributed by atoms with Crippen molar-refractivity contribution >= 4 is 17.3 Å². The third-order valence-corrected chi connectivity index (χ3v) is 5.64. The van der Waals surface area contributed by atoms with Crippen LogP contribution in [0.1, 0.15) is 24.1 Å². The Bertz CT molecular complexity index is 1080. The average Bonchev–Trinajstić information content (AvgIpc) is 3.06. The van der Waals surface area contributed by atoms with Crippen LogP contribution in [-0.4, -0.2) is 33.4 Å². The molecule has 0 atom stereocenters. The molecule has 2 aromatic heterocycles. The number of hydrogen-bond acceptors (Lipinski definition) is 5. The lowest BCUT2D eigenvalue weighted by Crippen LogP contribution is -3.12. The molecule has 0 radical (unpaired) electrons. The van der Waals surface area contributed by atoms with Crippen LogP contribution in [-0.2, 0) is 11.3 Å². The van der Waals surface area contributed by atoms with Gasteiger partial charge in [-0.3, -0.25) is 14.5 Å². The summed E-state index contributed by atoms with van der Waals surface area (Å²) in [5.41, 5.74) is 4.33. The number of aryl methyl sites for hydroxylation is 1. The van der Waals surface area contributed by atoms with Gasteiger partial charge in [0.15, 0.2) is 0 Å². The summed E-state index contributed by atoms with van der Waals surface area (Å²) in [6, 6.07) is 10.5. The average molecular weight is 394 g/mol. The molecule has 8 heteroatoms. The van der Waals surface area contributed by atoms with Crippen LogP contribution < -0.4 is 10.0 Å². The first-order chi connectivity index (χ1) is 13.9. The summed E-state index contributed by atoms with van der Waals surface area (Å²) >= 11 is 0. The van der Waals surface area contributed by atoms with Crippen molar-refractivity contribution < 1.29 is 19.7 Å². The van der Waals surface area contributed by atoms with Gasteiger partial charge < -0.3 is 14.8 Å². The summed E-state index contributed by atoms with van der Waals surface area (Å²) in [5.74, 6) is -1.34. The molecular weight excluding hydrogens is 372 g/mol. The first-order valence-corrected chi connectivity index (χ1v) is 9.69. The van der Waals surface area contributed by atoms with E-state index in [9.17, 15) is 20.0 Å². The fourth-order valence-corrected chi connectivity index (χ4v) is 4.04. The van der Waals surface area contributed by atoms with Crippen molar-refractivity contribution in [2.24, 2.45) is 5.92 Å². The smallest absolute Gasteiger partial charge is 0.270 e. The monoisotopic (exact) mass is 394 g/mol. The molecule has 4 rings (SSSR count). The van der Waals surface area contributed by atoms with E-state index >= 15 is 0 Å². The molecule has 8 nitrogen and oxygen atoms in total. The number of aliphatic carboxylic acids is 1. The van der Waals surface area contributed by atoms with Gasteiger partial charge in [-0.15, -0.1) is 0 Å². The van der Waals surface area contributed by atoms with Crippen LogP contribution in [0.25, 0.3) is 16.9 Å². The van der Waals surface area contributed by atoms with Gasteiger partial charge in [0.1, 0.15) is 17.9 Å². The number of rotatable bonds is 5. The summed E-state index contributed by atoms with van der Waals surface area (Å²) in [6.07, 6.45) is 3.21. The largest absolute Gasteiger partial charge is 0.550 e. The van der Waals surface area contributed by atoms with Crippen LogP contribution in [0.4, 0.5) is 5.69 Å². The van der Waals surface area contributed by atoms with Crippen molar-refractivity contribution in [2.75, 3.05) is 13.1 Å². The lowest BCUT2D eigenvalue weighted by molar-refractivity contribution is -0.919. The van der Waals surface area contributed by atoms with Crippen LogP contribution in [0, 0.1) is 23.0 Å². The van der Waals surface area contributed by atoms with Gasteiger partial charge in [-0.05, 0) is 18.6 Å². The van der Waals surface area contributed by atoms with Crippen molar-refractivity contribution in [3.63, 3.8) is 0 Å². The number of fused-ring (bicyclic) bond motifs is 1. The van der Waals surface area contributed by atoms with Gasteiger partial charge in [-0.2, -0.15) is 0 Å². The van der Waals surface area contributed by atoms with Crippen LogP contribution >= 0.6 is 0 Å². The maximum Gasteiger partial charge on any atom is 0.270 e. The van der Waals surface area contributed by atoms with Crippen LogP contribution in [0.3, 0.4) is 0 Å². The molecule has 150 valence electrons. The molecule has 0 bridgehead atoms. The van der Waals surface area contributed by atoms with Gasteiger partial charge in [-0.25, -0.2) is 4.98 Å². The Labute approximate surface area is 167 Å². The number of benzene rings is 1. The third-order valence-electron chi connectivity index (χ3n) is 5.64. The standard InChI is InChI=1S/C21H22N4O4/c1-14-5-6-19-22-20(16-3-2-4-17(11-16)25(28)29)18(24(19)12-14)13-23-9-7-15(8-10-23)21(26)27/h2-6,11-12,15H,7-10,13H2,1H3,(H,26,27). The first kappa shape index (κ1) is 19.1. The van der Waals surface area contributed by atoms with E-state index in [1.54, 1.807) is 12.1 Å². The number of nitrogens with one attached hydrogen (secondary N) is 1. The molecule has 0 saturated carbocycles. The number of quaternary nitrogens is 1. The second kappa shape index (κ2) is 7.63. The van der Waals surface area contributed by atoms with Crippen molar-refractivity contribution in [1.29, 1.82) is 0 Å². The number of pyridine rings is 1. The van der Waals surface area contributed by atoms with Crippen molar-refractivity contribution in [2.45, 2.75) is 26.3 Å². The fraction of sp³-hybridized carbons (Fsp3) is 0.333. The minimum absolute atomic E-state index is 0.0313. The topological polar surface area (TPSA) is 105 Å². The highest BCUT2D eigenvalue weighted by molar-refractivity contribution is 5.69. The SMILES string of the molecule is Cc1ccc2nc(-c3cccc([N+](=O)[O-])c3)c(C[NH+]3CCC(C(=O)[O-])CC3)n2c1. The number of likely N-dealkylation sites (tertiary alicyclic amines) is 1. The van der Waals surface area contributed by atoms with Crippen LogP contribution in [0.2, 0.25) is 0 Å². The number of piperidine rings is 1. The quantitative estimate of drug-likeness (QED) is 0.508. The number of imidazole rings is 1. The lowest BCUT2D eigenvalue weighted by atomic mass is 9.97. The maximum absolute atomic E-state index is 11.2. The van der Waals surface area contributed by atoms with E-state index in [0.29, 0.717) is 24.9 Å². The van der Waals surface area contributed by atoms with E-state index < -0.39 is 10.9 Å². The summed E-state index contributed by atoms with van der Waals surface area (Å²) in [5, 5.41) is 22.3. The molecule has 1 aliphatic heterocycles. The number of nitro benzene ring substituents is 1. The Morgan fingerprint density at radius 3 is 2.72 bits per heavy atom. The highest BCUT2D eigenvalue weighted by Gasteiger charge is 2.26.